The zero-order valence-corrected chi connectivity index (χ0v) is 9.82. The standard InChI is InChI=1S/C14H15N.Li/c1-2-8-13-12(6-1)7-5-9-14(13)15-10-3-4-11-15;/h1-2,5-9H,3-4,10-11H2;. The maximum atomic E-state index is 2.50. The van der Waals surface area contributed by atoms with Gasteiger partial charge in [-0.25, -0.2) is 0 Å². The summed E-state index contributed by atoms with van der Waals surface area (Å²) >= 11 is 0. The van der Waals surface area contributed by atoms with E-state index in [-0.39, 0.29) is 18.9 Å². The van der Waals surface area contributed by atoms with Gasteiger partial charge in [0.25, 0.3) is 0 Å². The van der Waals surface area contributed by atoms with Crippen molar-refractivity contribution in [3.63, 3.8) is 0 Å². The van der Waals surface area contributed by atoms with Crippen LogP contribution in [0.2, 0.25) is 0 Å². The second kappa shape index (κ2) is 4.95. The molecule has 2 aromatic carbocycles. The van der Waals surface area contributed by atoms with Crippen LogP contribution >= 0.6 is 0 Å². The quantitative estimate of drug-likeness (QED) is 0.645. The normalized spacial score (nSPS) is 15.1. The Morgan fingerprint density at radius 3 is 2.31 bits per heavy atom. The summed E-state index contributed by atoms with van der Waals surface area (Å²) in [5.74, 6) is 0. The first-order valence-electron chi connectivity index (χ1n) is 5.68. The third kappa shape index (κ3) is 1.98. The van der Waals surface area contributed by atoms with Crippen molar-refractivity contribution >= 4 is 35.3 Å². The van der Waals surface area contributed by atoms with Crippen LogP contribution in [0.15, 0.2) is 42.5 Å². The number of hydrogen-bond acceptors (Lipinski definition) is 1. The largest absolute Gasteiger partial charge is 0.371 e. The fraction of sp³-hybridized carbons (Fsp3) is 0.286. The van der Waals surface area contributed by atoms with Gasteiger partial charge in [0.1, 0.15) is 0 Å². The Morgan fingerprint density at radius 1 is 0.812 bits per heavy atom. The van der Waals surface area contributed by atoms with Gasteiger partial charge in [0.15, 0.2) is 0 Å². The van der Waals surface area contributed by atoms with Crippen LogP contribution in [0.25, 0.3) is 10.8 Å². The number of hydrogen-bond donors (Lipinski definition) is 0. The van der Waals surface area contributed by atoms with E-state index in [1.54, 1.807) is 0 Å². The first-order chi connectivity index (χ1) is 7.45. The maximum absolute atomic E-state index is 2.50. The van der Waals surface area contributed by atoms with Gasteiger partial charge in [0, 0.05) is 43.0 Å². The minimum Gasteiger partial charge on any atom is -0.371 e. The van der Waals surface area contributed by atoms with Crippen LogP contribution < -0.4 is 4.90 Å². The van der Waals surface area contributed by atoms with E-state index in [0.717, 1.165) is 0 Å². The van der Waals surface area contributed by atoms with Gasteiger partial charge in [-0.2, -0.15) is 0 Å². The van der Waals surface area contributed by atoms with Gasteiger partial charge in [-0.1, -0.05) is 36.4 Å². The van der Waals surface area contributed by atoms with Crippen LogP contribution in [0.4, 0.5) is 5.69 Å². The zero-order chi connectivity index (χ0) is 10.1. The van der Waals surface area contributed by atoms with Crippen molar-refractivity contribution in [2.75, 3.05) is 18.0 Å². The summed E-state index contributed by atoms with van der Waals surface area (Å²) in [6.45, 7) is 2.43. The SMILES string of the molecule is [Li].c1ccc2c(N3CCCC3)cccc2c1. The van der Waals surface area contributed by atoms with E-state index in [1.807, 2.05) is 0 Å². The molecule has 0 aliphatic carbocycles. The molecular formula is C14H15LiN. The van der Waals surface area contributed by atoms with Crippen molar-refractivity contribution in [2.45, 2.75) is 12.8 Å². The Balaban J connectivity index is 0.000000963. The average molecular weight is 204 g/mol. The molecule has 0 spiro atoms. The summed E-state index contributed by atoms with van der Waals surface area (Å²) in [7, 11) is 0. The van der Waals surface area contributed by atoms with E-state index in [2.05, 4.69) is 47.4 Å². The molecule has 0 amide bonds. The summed E-state index contributed by atoms with van der Waals surface area (Å²) in [5, 5.41) is 2.74. The Hall–Kier alpha value is -0.903. The number of nitrogens with zero attached hydrogens (tertiary/aromatic N) is 1. The molecule has 3 rings (SSSR count). The molecule has 1 aliphatic rings. The molecule has 1 fully saturated rings. The van der Waals surface area contributed by atoms with Crippen molar-refractivity contribution in [1.29, 1.82) is 0 Å². The van der Waals surface area contributed by atoms with Gasteiger partial charge in [0.2, 0.25) is 0 Å². The van der Waals surface area contributed by atoms with Crippen molar-refractivity contribution in [2.24, 2.45) is 0 Å². The number of fused-ring (bicyclic) bond motifs is 1. The number of benzene rings is 2. The van der Waals surface area contributed by atoms with Crippen LogP contribution in [0, 0.1) is 0 Å². The van der Waals surface area contributed by atoms with E-state index in [4.69, 9.17) is 0 Å². The fourth-order valence-corrected chi connectivity index (χ4v) is 2.44. The summed E-state index contributed by atoms with van der Waals surface area (Å²) in [6, 6.07) is 15.2. The van der Waals surface area contributed by atoms with Crippen LogP contribution in [0.1, 0.15) is 12.8 Å². The molecule has 1 nitrogen and oxygen atoms in total. The van der Waals surface area contributed by atoms with E-state index in [0.29, 0.717) is 0 Å². The third-order valence-corrected chi connectivity index (χ3v) is 3.21. The molecule has 16 heavy (non-hydrogen) atoms. The minimum atomic E-state index is 0. The molecule has 2 aromatic rings. The molecule has 0 saturated carbocycles. The molecule has 0 unspecified atom stereocenters. The van der Waals surface area contributed by atoms with Crippen molar-refractivity contribution in [1.82, 2.24) is 0 Å². The second-order valence-electron chi connectivity index (χ2n) is 4.19. The van der Waals surface area contributed by atoms with E-state index in [1.165, 1.54) is 42.4 Å². The van der Waals surface area contributed by atoms with Crippen molar-refractivity contribution in [3.8, 4) is 0 Å². The monoisotopic (exact) mass is 204 g/mol. The first-order valence-corrected chi connectivity index (χ1v) is 5.68. The van der Waals surface area contributed by atoms with E-state index in [9.17, 15) is 0 Å². The molecule has 0 aromatic heterocycles. The van der Waals surface area contributed by atoms with Gasteiger partial charge < -0.3 is 4.90 Å². The fourth-order valence-electron chi connectivity index (χ4n) is 2.44. The van der Waals surface area contributed by atoms with Crippen LogP contribution in [0.5, 0.6) is 0 Å². The van der Waals surface area contributed by atoms with Gasteiger partial charge in [-0.15, -0.1) is 0 Å². The molecule has 0 N–H and O–H groups in total. The van der Waals surface area contributed by atoms with Gasteiger partial charge in [-0.05, 0) is 24.3 Å². The Labute approximate surface area is 109 Å². The molecule has 1 heterocycles. The summed E-state index contributed by atoms with van der Waals surface area (Å²) in [6.07, 6.45) is 2.67. The molecule has 77 valence electrons. The molecule has 0 atom stereocenters. The van der Waals surface area contributed by atoms with Gasteiger partial charge in [0.05, 0.1) is 0 Å². The average Bonchev–Trinajstić information content (AvgIpc) is 2.82. The second-order valence-corrected chi connectivity index (χ2v) is 4.19. The molecule has 2 heteroatoms. The predicted molar refractivity (Wildman–Crippen MR) is 71.1 cm³/mol. The summed E-state index contributed by atoms with van der Waals surface area (Å²) in [5.41, 5.74) is 1.41. The Kier molecular flexibility index (Phi) is 3.58. The van der Waals surface area contributed by atoms with Crippen molar-refractivity contribution < 1.29 is 0 Å². The minimum absolute atomic E-state index is 0. The molecular weight excluding hydrogens is 189 g/mol. The smallest absolute Gasteiger partial charge is 0.0445 e. The molecule has 1 saturated heterocycles. The summed E-state index contributed by atoms with van der Waals surface area (Å²) in [4.78, 5) is 2.50. The third-order valence-electron chi connectivity index (χ3n) is 3.21. The first kappa shape index (κ1) is 11.6. The number of rotatable bonds is 1. The topological polar surface area (TPSA) is 3.24 Å². The molecule has 1 aliphatic heterocycles. The van der Waals surface area contributed by atoms with Gasteiger partial charge >= 0.3 is 0 Å². The van der Waals surface area contributed by atoms with Gasteiger partial charge in [-0.3, -0.25) is 0 Å². The molecule has 0 bridgehead atoms. The van der Waals surface area contributed by atoms with Crippen molar-refractivity contribution in [3.05, 3.63) is 42.5 Å². The maximum Gasteiger partial charge on any atom is 0.0445 e. The molecule has 1 radical (unpaired) electrons. The predicted octanol–water partition coefficient (Wildman–Crippen LogP) is 3.06. The zero-order valence-electron chi connectivity index (χ0n) is 9.82. The Bertz CT molecular complexity index is 470. The summed E-state index contributed by atoms with van der Waals surface area (Å²) < 4.78 is 0. The van der Waals surface area contributed by atoms with Crippen LogP contribution in [-0.2, 0) is 0 Å². The van der Waals surface area contributed by atoms with E-state index < -0.39 is 0 Å². The van der Waals surface area contributed by atoms with Crippen LogP contribution in [0.3, 0.4) is 0 Å². The van der Waals surface area contributed by atoms with E-state index >= 15 is 0 Å². The Morgan fingerprint density at radius 2 is 1.50 bits per heavy atom. The van der Waals surface area contributed by atoms with Crippen LogP contribution in [-0.4, -0.2) is 32.0 Å². The number of anilines is 1.